The molecule has 2 aromatic rings. The van der Waals surface area contributed by atoms with E-state index in [4.69, 9.17) is 10.5 Å². The summed E-state index contributed by atoms with van der Waals surface area (Å²) in [5, 5.41) is 1.15. The molecule has 3 heteroatoms. The highest BCUT2D eigenvalue weighted by Crippen LogP contribution is 2.25. The molecule has 0 unspecified atom stereocenters. The Labute approximate surface area is 95.2 Å². The maximum absolute atomic E-state index is 5.67. The quantitative estimate of drug-likeness (QED) is 0.797. The van der Waals surface area contributed by atoms with E-state index in [2.05, 4.69) is 18.0 Å². The van der Waals surface area contributed by atoms with Crippen molar-refractivity contribution in [1.82, 2.24) is 4.98 Å². The molecule has 2 rings (SSSR count). The number of ether oxygens (including phenoxy) is 1. The fourth-order valence-electron chi connectivity index (χ4n) is 1.67. The molecule has 0 amide bonds. The van der Waals surface area contributed by atoms with Crippen molar-refractivity contribution >= 4 is 10.9 Å². The van der Waals surface area contributed by atoms with E-state index in [1.54, 1.807) is 0 Å². The van der Waals surface area contributed by atoms with Crippen LogP contribution in [0.15, 0.2) is 30.5 Å². The molecule has 0 saturated heterocycles. The Bertz CT molecular complexity index is 482. The van der Waals surface area contributed by atoms with E-state index >= 15 is 0 Å². The molecule has 16 heavy (non-hydrogen) atoms. The van der Waals surface area contributed by atoms with Gasteiger partial charge in [-0.05, 0) is 37.6 Å². The van der Waals surface area contributed by atoms with Gasteiger partial charge in [0.2, 0.25) is 0 Å². The molecule has 1 aromatic heterocycles. The molecule has 0 atom stereocenters. The van der Waals surface area contributed by atoms with Crippen molar-refractivity contribution in [1.29, 1.82) is 0 Å². The van der Waals surface area contributed by atoms with Gasteiger partial charge in [-0.1, -0.05) is 12.1 Å². The first kappa shape index (κ1) is 10.9. The molecular weight excluding hydrogens is 200 g/mol. The molecular formula is C13H16N2O. The SMILES string of the molecule is Cc1ccnc2c(OCCCN)cccc12. The first-order valence-corrected chi connectivity index (χ1v) is 5.50. The van der Waals surface area contributed by atoms with E-state index in [0.29, 0.717) is 13.2 Å². The van der Waals surface area contributed by atoms with Gasteiger partial charge >= 0.3 is 0 Å². The van der Waals surface area contributed by atoms with Gasteiger partial charge in [-0.2, -0.15) is 0 Å². The molecule has 0 aliphatic carbocycles. The Morgan fingerprint density at radius 1 is 1.31 bits per heavy atom. The van der Waals surface area contributed by atoms with E-state index in [1.165, 1.54) is 5.56 Å². The van der Waals surface area contributed by atoms with Crippen LogP contribution in [0.5, 0.6) is 5.75 Å². The number of nitrogens with zero attached hydrogens (tertiary/aromatic N) is 1. The summed E-state index contributed by atoms with van der Waals surface area (Å²) in [6.07, 6.45) is 2.68. The smallest absolute Gasteiger partial charge is 0.145 e. The fraction of sp³-hybridized carbons (Fsp3) is 0.308. The minimum Gasteiger partial charge on any atom is -0.491 e. The number of hydrogen-bond donors (Lipinski definition) is 1. The Morgan fingerprint density at radius 3 is 3.00 bits per heavy atom. The molecule has 0 fully saturated rings. The lowest BCUT2D eigenvalue weighted by atomic mass is 10.1. The maximum Gasteiger partial charge on any atom is 0.145 e. The third-order valence-corrected chi connectivity index (χ3v) is 2.56. The molecule has 1 aromatic carbocycles. The molecule has 0 spiro atoms. The monoisotopic (exact) mass is 216 g/mol. The van der Waals surface area contributed by atoms with Crippen molar-refractivity contribution < 1.29 is 4.74 Å². The first-order valence-electron chi connectivity index (χ1n) is 5.50. The third-order valence-electron chi connectivity index (χ3n) is 2.56. The van der Waals surface area contributed by atoms with Crippen LogP contribution >= 0.6 is 0 Å². The summed E-state index contributed by atoms with van der Waals surface area (Å²) in [5.41, 5.74) is 7.58. The molecule has 2 N–H and O–H groups in total. The average molecular weight is 216 g/mol. The Kier molecular flexibility index (Phi) is 3.37. The van der Waals surface area contributed by atoms with E-state index in [1.807, 2.05) is 24.4 Å². The number of pyridine rings is 1. The normalized spacial score (nSPS) is 10.6. The lowest BCUT2D eigenvalue weighted by Gasteiger charge is -2.08. The summed E-state index contributed by atoms with van der Waals surface area (Å²) >= 11 is 0. The van der Waals surface area contributed by atoms with Crippen LogP contribution in [0.3, 0.4) is 0 Å². The van der Waals surface area contributed by atoms with Crippen molar-refractivity contribution in [2.24, 2.45) is 5.73 Å². The van der Waals surface area contributed by atoms with Crippen LogP contribution < -0.4 is 10.5 Å². The summed E-state index contributed by atoms with van der Waals surface area (Å²) < 4.78 is 5.67. The van der Waals surface area contributed by atoms with Crippen LogP contribution in [0, 0.1) is 6.92 Å². The van der Waals surface area contributed by atoms with Crippen LogP contribution in [0.1, 0.15) is 12.0 Å². The number of benzene rings is 1. The highest BCUT2D eigenvalue weighted by Gasteiger charge is 2.04. The van der Waals surface area contributed by atoms with Gasteiger partial charge in [-0.25, -0.2) is 0 Å². The van der Waals surface area contributed by atoms with Crippen LogP contribution in [-0.4, -0.2) is 18.1 Å². The van der Waals surface area contributed by atoms with Crippen molar-refractivity contribution in [2.75, 3.05) is 13.2 Å². The number of para-hydroxylation sites is 1. The highest BCUT2D eigenvalue weighted by molar-refractivity contribution is 5.86. The van der Waals surface area contributed by atoms with Crippen LogP contribution in [0.4, 0.5) is 0 Å². The molecule has 0 saturated carbocycles. The van der Waals surface area contributed by atoms with Gasteiger partial charge in [0.1, 0.15) is 11.3 Å². The second-order valence-corrected chi connectivity index (χ2v) is 3.77. The van der Waals surface area contributed by atoms with Gasteiger partial charge in [0.05, 0.1) is 6.61 Å². The summed E-state index contributed by atoms with van der Waals surface area (Å²) in [4.78, 5) is 4.36. The number of hydrogen-bond acceptors (Lipinski definition) is 3. The van der Waals surface area contributed by atoms with Gasteiger partial charge in [0.25, 0.3) is 0 Å². The topological polar surface area (TPSA) is 48.1 Å². The van der Waals surface area contributed by atoms with Gasteiger partial charge < -0.3 is 10.5 Å². The van der Waals surface area contributed by atoms with Crippen molar-refractivity contribution in [2.45, 2.75) is 13.3 Å². The Balaban J connectivity index is 2.34. The van der Waals surface area contributed by atoms with Gasteiger partial charge in [-0.15, -0.1) is 0 Å². The van der Waals surface area contributed by atoms with Crippen molar-refractivity contribution in [3.8, 4) is 5.75 Å². The molecule has 0 radical (unpaired) electrons. The Hall–Kier alpha value is -1.61. The molecule has 1 heterocycles. The number of rotatable bonds is 4. The lowest BCUT2D eigenvalue weighted by molar-refractivity contribution is 0.316. The van der Waals surface area contributed by atoms with E-state index in [9.17, 15) is 0 Å². The minimum absolute atomic E-state index is 0.644. The third kappa shape index (κ3) is 2.14. The second-order valence-electron chi connectivity index (χ2n) is 3.77. The zero-order valence-electron chi connectivity index (χ0n) is 9.44. The van der Waals surface area contributed by atoms with Crippen molar-refractivity contribution in [3.63, 3.8) is 0 Å². The number of aryl methyl sites for hydroxylation is 1. The first-order chi connectivity index (χ1) is 7.83. The molecule has 0 bridgehead atoms. The Morgan fingerprint density at radius 2 is 2.19 bits per heavy atom. The molecule has 84 valence electrons. The zero-order valence-corrected chi connectivity index (χ0v) is 9.44. The zero-order chi connectivity index (χ0) is 11.4. The molecule has 0 aliphatic heterocycles. The molecule has 0 aliphatic rings. The summed E-state index contributed by atoms with van der Waals surface area (Å²) in [5.74, 6) is 0.842. The summed E-state index contributed by atoms with van der Waals surface area (Å²) in [6, 6.07) is 8.01. The lowest BCUT2D eigenvalue weighted by Crippen LogP contribution is -2.06. The fourth-order valence-corrected chi connectivity index (χ4v) is 1.67. The predicted octanol–water partition coefficient (Wildman–Crippen LogP) is 2.27. The predicted molar refractivity (Wildman–Crippen MR) is 65.6 cm³/mol. The van der Waals surface area contributed by atoms with Crippen LogP contribution in [0.2, 0.25) is 0 Å². The van der Waals surface area contributed by atoms with Gasteiger partial charge in [0.15, 0.2) is 0 Å². The number of aromatic nitrogens is 1. The minimum atomic E-state index is 0.644. The van der Waals surface area contributed by atoms with Crippen LogP contribution in [0.25, 0.3) is 10.9 Å². The van der Waals surface area contributed by atoms with E-state index in [0.717, 1.165) is 23.1 Å². The van der Waals surface area contributed by atoms with E-state index < -0.39 is 0 Å². The van der Waals surface area contributed by atoms with Gasteiger partial charge in [-0.3, -0.25) is 4.98 Å². The summed E-state index contributed by atoms with van der Waals surface area (Å²) in [7, 11) is 0. The van der Waals surface area contributed by atoms with Crippen LogP contribution in [-0.2, 0) is 0 Å². The highest BCUT2D eigenvalue weighted by atomic mass is 16.5. The second kappa shape index (κ2) is 4.94. The molecule has 3 nitrogen and oxygen atoms in total. The maximum atomic E-state index is 5.67. The number of fused-ring (bicyclic) bond motifs is 1. The number of nitrogens with two attached hydrogens (primary N) is 1. The standard InChI is InChI=1S/C13H16N2O/c1-10-6-8-15-13-11(10)4-2-5-12(13)16-9-3-7-14/h2,4-6,8H,3,7,9,14H2,1H3. The average Bonchev–Trinajstić information content (AvgIpc) is 2.31. The largest absolute Gasteiger partial charge is 0.491 e. The summed E-state index contributed by atoms with van der Waals surface area (Å²) in [6.45, 7) is 3.37. The van der Waals surface area contributed by atoms with Crippen molar-refractivity contribution in [3.05, 3.63) is 36.0 Å². The van der Waals surface area contributed by atoms with Gasteiger partial charge in [0, 0.05) is 11.6 Å². The van der Waals surface area contributed by atoms with E-state index in [-0.39, 0.29) is 0 Å².